The van der Waals surface area contributed by atoms with Gasteiger partial charge < -0.3 is 15.5 Å². The van der Waals surface area contributed by atoms with E-state index in [0.717, 1.165) is 12.1 Å². The number of quaternary nitrogens is 1. The van der Waals surface area contributed by atoms with Gasteiger partial charge in [0.1, 0.15) is 6.04 Å². The number of hydrogen-bond donors (Lipinski definition) is 2. The number of amides is 2. The molecule has 3 N–H and O–H groups in total. The van der Waals surface area contributed by atoms with Gasteiger partial charge in [-0.3, -0.25) is 9.59 Å². The van der Waals surface area contributed by atoms with Crippen molar-refractivity contribution >= 4 is 11.8 Å². The molecule has 2 amide bonds. The van der Waals surface area contributed by atoms with Crippen LogP contribution in [0.25, 0.3) is 0 Å². The Balaban J connectivity index is 2.41. The highest BCUT2D eigenvalue weighted by molar-refractivity contribution is 5.84. The molecule has 0 saturated heterocycles. The van der Waals surface area contributed by atoms with Crippen LogP contribution in [-0.2, 0) is 9.59 Å². The Labute approximate surface area is 122 Å². The third-order valence-electron chi connectivity index (χ3n) is 3.06. The summed E-state index contributed by atoms with van der Waals surface area (Å²) in [5, 5.41) is 4.18. The van der Waals surface area contributed by atoms with Gasteiger partial charge in [0.05, 0.1) is 6.54 Å². The molecule has 7 heteroatoms. The molecule has 116 valence electrons. The zero-order valence-corrected chi connectivity index (χ0v) is 12.3. The quantitative estimate of drug-likeness (QED) is 0.764. The van der Waals surface area contributed by atoms with Crippen molar-refractivity contribution in [3.05, 3.63) is 35.4 Å². The average molecular weight is 300 g/mol. The number of carbonyl (C=O) groups excluding carboxylic acids is 2. The number of nitrogens with two attached hydrogens (primary N) is 1. The molecule has 0 aliphatic carbocycles. The summed E-state index contributed by atoms with van der Waals surface area (Å²) < 4.78 is 25.9. The molecule has 21 heavy (non-hydrogen) atoms. The third kappa shape index (κ3) is 5.47. The first-order valence-electron chi connectivity index (χ1n) is 6.56. The van der Waals surface area contributed by atoms with E-state index < -0.39 is 11.6 Å². The molecule has 1 rings (SSSR count). The molecule has 0 aromatic heterocycles. The van der Waals surface area contributed by atoms with Gasteiger partial charge in [0.25, 0.3) is 5.91 Å². The van der Waals surface area contributed by atoms with Gasteiger partial charge >= 0.3 is 0 Å². The molecule has 0 unspecified atom stereocenters. The number of likely N-dealkylation sites (N-methyl/N-ethyl adjacent to an activating group) is 1. The van der Waals surface area contributed by atoms with E-state index in [1.807, 2.05) is 0 Å². The molecule has 0 radical (unpaired) electrons. The van der Waals surface area contributed by atoms with Crippen molar-refractivity contribution in [3.8, 4) is 0 Å². The lowest BCUT2D eigenvalue weighted by Crippen LogP contribution is -2.87. The van der Waals surface area contributed by atoms with Gasteiger partial charge in [-0.05, 0) is 25.1 Å². The fourth-order valence-electron chi connectivity index (χ4n) is 1.62. The summed E-state index contributed by atoms with van der Waals surface area (Å²) in [6.45, 7) is 1.82. The molecule has 0 aliphatic rings. The van der Waals surface area contributed by atoms with E-state index in [4.69, 9.17) is 0 Å². The van der Waals surface area contributed by atoms with Gasteiger partial charge in [0, 0.05) is 19.7 Å². The fourth-order valence-corrected chi connectivity index (χ4v) is 1.62. The highest BCUT2D eigenvalue weighted by Gasteiger charge is 2.14. The molecule has 0 spiro atoms. The van der Waals surface area contributed by atoms with Crippen LogP contribution in [0.2, 0.25) is 0 Å². The Hall–Kier alpha value is -2.02. The summed E-state index contributed by atoms with van der Waals surface area (Å²) in [6.07, 6.45) is 0. The largest absolute Gasteiger partial charge is 0.347 e. The number of halogens is 2. The fraction of sp³-hybridized carbons (Fsp3) is 0.429. The van der Waals surface area contributed by atoms with E-state index in [0.29, 0.717) is 5.56 Å². The van der Waals surface area contributed by atoms with Crippen molar-refractivity contribution in [2.75, 3.05) is 27.2 Å². The molecule has 0 fully saturated rings. The van der Waals surface area contributed by atoms with Crippen molar-refractivity contribution in [2.24, 2.45) is 0 Å². The molecule has 5 nitrogen and oxygen atoms in total. The third-order valence-corrected chi connectivity index (χ3v) is 3.06. The maximum absolute atomic E-state index is 13.1. The number of nitrogens with zero attached hydrogens (tertiary/aromatic N) is 1. The van der Waals surface area contributed by atoms with Gasteiger partial charge in [-0.25, -0.2) is 8.78 Å². The van der Waals surface area contributed by atoms with Crippen LogP contribution in [0, 0.1) is 11.6 Å². The maximum atomic E-state index is 13.1. The van der Waals surface area contributed by atoms with Crippen molar-refractivity contribution in [1.29, 1.82) is 0 Å². The van der Waals surface area contributed by atoms with Crippen LogP contribution in [0.15, 0.2) is 18.2 Å². The Morgan fingerprint density at radius 2 is 1.95 bits per heavy atom. The van der Waals surface area contributed by atoms with Gasteiger partial charge in [-0.2, -0.15) is 0 Å². The van der Waals surface area contributed by atoms with E-state index >= 15 is 0 Å². The number of nitrogens with one attached hydrogen (secondary N) is 1. The summed E-state index contributed by atoms with van der Waals surface area (Å²) >= 11 is 0. The predicted molar refractivity (Wildman–Crippen MR) is 73.3 cm³/mol. The normalized spacial score (nSPS) is 11.9. The minimum absolute atomic E-state index is 0.0563. The van der Waals surface area contributed by atoms with Crippen LogP contribution in [0.4, 0.5) is 8.78 Å². The Bertz CT molecular complexity index is 521. The second kappa shape index (κ2) is 7.68. The Morgan fingerprint density at radius 3 is 2.52 bits per heavy atom. The second-order valence-electron chi connectivity index (χ2n) is 4.97. The summed E-state index contributed by atoms with van der Waals surface area (Å²) in [5.41, 5.74) is 0.589. The minimum Gasteiger partial charge on any atom is -0.347 e. The lowest BCUT2D eigenvalue weighted by Gasteiger charge is -2.13. The molecular formula is C14H20F2N3O2+. The number of benzene rings is 1. The minimum atomic E-state index is -0.909. The zero-order valence-electron chi connectivity index (χ0n) is 12.3. The molecule has 1 aromatic carbocycles. The van der Waals surface area contributed by atoms with E-state index in [-0.39, 0.29) is 30.9 Å². The second-order valence-corrected chi connectivity index (χ2v) is 4.97. The highest BCUT2D eigenvalue weighted by atomic mass is 19.2. The van der Waals surface area contributed by atoms with Crippen molar-refractivity contribution in [1.82, 2.24) is 10.2 Å². The van der Waals surface area contributed by atoms with E-state index in [1.165, 1.54) is 11.0 Å². The molecule has 1 aromatic rings. The van der Waals surface area contributed by atoms with Crippen LogP contribution < -0.4 is 10.6 Å². The first-order valence-corrected chi connectivity index (χ1v) is 6.56. The van der Waals surface area contributed by atoms with E-state index in [1.54, 1.807) is 26.3 Å². The maximum Gasteiger partial charge on any atom is 0.275 e. The van der Waals surface area contributed by atoms with Gasteiger partial charge in [0.2, 0.25) is 5.91 Å². The van der Waals surface area contributed by atoms with Crippen molar-refractivity contribution in [2.45, 2.75) is 13.0 Å². The molecular weight excluding hydrogens is 280 g/mol. The Morgan fingerprint density at radius 1 is 1.29 bits per heavy atom. The van der Waals surface area contributed by atoms with Gasteiger partial charge in [-0.15, -0.1) is 0 Å². The van der Waals surface area contributed by atoms with Crippen molar-refractivity contribution in [3.63, 3.8) is 0 Å². The number of rotatable bonds is 6. The summed E-state index contributed by atoms with van der Waals surface area (Å²) in [6, 6.07) is 3.46. The van der Waals surface area contributed by atoms with Crippen LogP contribution in [0.5, 0.6) is 0 Å². The van der Waals surface area contributed by atoms with Crippen LogP contribution in [0.1, 0.15) is 18.5 Å². The first-order chi connectivity index (χ1) is 9.81. The van der Waals surface area contributed by atoms with Crippen LogP contribution in [0.3, 0.4) is 0 Å². The van der Waals surface area contributed by atoms with E-state index in [2.05, 4.69) is 5.32 Å². The predicted octanol–water partition coefficient (Wildman–Crippen LogP) is -0.206. The Kier molecular flexibility index (Phi) is 6.23. The number of carbonyl (C=O) groups is 2. The van der Waals surface area contributed by atoms with Crippen LogP contribution in [-0.4, -0.2) is 43.9 Å². The average Bonchev–Trinajstić information content (AvgIpc) is 2.44. The molecule has 0 heterocycles. The molecule has 0 bridgehead atoms. The summed E-state index contributed by atoms with van der Waals surface area (Å²) in [4.78, 5) is 24.3. The molecule has 0 saturated carbocycles. The van der Waals surface area contributed by atoms with Gasteiger partial charge in [0.15, 0.2) is 18.2 Å². The summed E-state index contributed by atoms with van der Waals surface area (Å²) in [7, 11) is 3.21. The van der Waals surface area contributed by atoms with Crippen molar-refractivity contribution < 1.29 is 23.7 Å². The lowest BCUT2D eigenvalue weighted by atomic mass is 10.1. The SMILES string of the molecule is C[C@@H]([NH2+]CC(=O)NCC(=O)N(C)C)c1ccc(F)c(F)c1. The van der Waals surface area contributed by atoms with E-state index in [9.17, 15) is 18.4 Å². The standard InChI is InChI=1S/C14H19F2N3O2/c1-9(10-4-5-11(15)12(16)6-10)17-7-13(20)18-8-14(21)19(2)3/h4-6,9,17H,7-8H2,1-3H3,(H,18,20)/p+1/t9-/m1/s1. The number of hydrogen-bond acceptors (Lipinski definition) is 2. The smallest absolute Gasteiger partial charge is 0.275 e. The molecule has 1 atom stereocenters. The topological polar surface area (TPSA) is 66.0 Å². The lowest BCUT2D eigenvalue weighted by molar-refractivity contribution is -0.682. The highest BCUT2D eigenvalue weighted by Crippen LogP contribution is 2.12. The summed E-state index contributed by atoms with van der Waals surface area (Å²) in [5.74, 6) is -2.30. The first kappa shape index (κ1) is 17.0. The monoisotopic (exact) mass is 300 g/mol. The van der Waals surface area contributed by atoms with Crippen LogP contribution >= 0.6 is 0 Å². The molecule has 0 aliphatic heterocycles. The zero-order chi connectivity index (χ0) is 16.0. The van der Waals surface area contributed by atoms with Gasteiger partial charge in [-0.1, -0.05) is 0 Å².